The van der Waals surface area contributed by atoms with E-state index in [2.05, 4.69) is 21.2 Å². The van der Waals surface area contributed by atoms with Crippen LogP contribution in [-0.4, -0.2) is 18.4 Å². The van der Waals surface area contributed by atoms with Gasteiger partial charge in [0.05, 0.1) is 18.1 Å². The first-order chi connectivity index (χ1) is 14.4. The summed E-state index contributed by atoms with van der Waals surface area (Å²) in [5.41, 5.74) is 2.41. The third kappa shape index (κ3) is 3.76. The fourth-order valence-electron chi connectivity index (χ4n) is 4.29. The third-order valence-corrected chi connectivity index (χ3v) is 7.07. The fraction of sp³-hybridized carbons (Fsp3) is 0.304. The van der Waals surface area contributed by atoms with Crippen LogP contribution in [0, 0.1) is 5.82 Å². The highest BCUT2D eigenvalue weighted by Crippen LogP contribution is 2.47. The molecule has 1 N–H and O–H groups in total. The number of benzene rings is 1. The van der Waals surface area contributed by atoms with E-state index in [1.807, 2.05) is 17.5 Å². The molecule has 0 radical (unpaired) electrons. The molecule has 4 nitrogen and oxygen atoms in total. The smallest absolute Gasteiger partial charge is 0.336 e. The van der Waals surface area contributed by atoms with Crippen LogP contribution in [0.2, 0.25) is 0 Å². The Labute approximate surface area is 187 Å². The van der Waals surface area contributed by atoms with Gasteiger partial charge in [-0.2, -0.15) is 0 Å². The number of ketones is 1. The molecule has 2 aromatic rings. The van der Waals surface area contributed by atoms with Gasteiger partial charge in [0.15, 0.2) is 5.78 Å². The van der Waals surface area contributed by atoms with Gasteiger partial charge in [0, 0.05) is 44.2 Å². The maximum absolute atomic E-state index is 14.9. The van der Waals surface area contributed by atoms with Crippen LogP contribution >= 0.6 is 27.3 Å². The van der Waals surface area contributed by atoms with Gasteiger partial charge in [-0.15, -0.1) is 11.3 Å². The molecule has 1 aliphatic carbocycles. The highest BCUT2D eigenvalue weighted by atomic mass is 79.9. The van der Waals surface area contributed by atoms with Crippen molar-refractivity contribution in [3.8, 4) is 0 Å². The zero-order valence-electron chi connectivity index (χ0n) is 16.6. The number of carbonyl (C=O) groups is 2. The van der Waals surface area contributed by atoms with Crippen molar-refractivity contribution in [3.63, 3.8) is 0 Å². The van der Waals surface area contributed by atoms with Crippen molar-refractivity contribution in [2.24, 2.45) is 0 Å². The van der Waals surface area contributed by atoms with Crippen LogP contribution in [0.3, 0.4) is 0 Å². The SMILES string of the molecule is CCOC(=O)C1=C(C)NC2=C(C(=O)C[C@H](c3cccs3)C2)[C@@H]1c1cc(Br)ccc1F. The van der Waals surface area contributed by atoms with Crippen molar-refractivity contribution in [1.82, 2.24) is 5.32 Å². The van der Waals surface area contributed by atoms with E-state index in [1.165, 1.54) is 6.07 Å². The van der Waals surface area contributed by atoms with Gasteiger partial charge in [-0.05, 0) is 49.9 Å². The third-order valence-electron chi connectivity index (χ3n) is 5.54. The van der Waals surface area contributed by atoms with Crippen LogP contribution in [0.5, 0.6) is 0 Å². The molecule has 2 atom stereocenters. The van der Waals surface area contributed by atoms with Gasteiger partial charge >= 0.3 is 5.97 Å². The van der Waals surface area contributed by atoms with Gasteiger partial charge in [0.1, 0.15) is 5.82 Å². The summed E-state index contributed by atoms with van der Waals surface area (Å²) in [6, 6.07) is 8.61. The molecular weight excluding hydrogens is 469 g/mol. The summed E-state index contributed by atoms with van der Waals surface area (Å²) in [4.78, 5) is 27.3. The number of Topliss-reactive ketones (excluding diaryl/α,β-unsaturated/α-hetero) is 1. The number of halogens is 2. The molecule has 7 heteroatoms. The lowest BCUT2D eigenvalue weighted by atomic mass is 9.72. The topological polar surface area (TPSA) is 55.4 Å². The Morgan fingerprint density at radius 1 is 1.33 bits per heavy atom. The van der Waals surface area contributed by atoms with E-state index in [-0.39, 0.29) is 23.9 Å². The predicted octanol–water partition coefficient (Wildman–Crippen LogP) is 5.57. The molecule has 1 aliphatic heterocycles. The van der Waals surface area contributed by atoms with Crippen LogP contribution in [0.25, 0.3) is 0 Å². The summed E-state index contributed by atoms with van der Waals surface area (Å²) >= 11 is 5.02. The summed E-state index contributed by atoms with van der Waals surface area (Å²) < 4.78 is 20.9. The molecule has 0 unspecified atom stereocenters. The first kappa shape index (κ1) is 21.0. The standard InChI is InChI=1S/C23H21BrFNO3S/c1-3-29-23(28)20-12(2)26-17-9-13(19-5-4-8-30-19)10-18(27)22(17)21(20)15-11-14(24)6-7-16(15)25/h4-8,11,13,21,26H,3,9-10H2,1-2H3/t13-,21-/m1/s1. The van der Waals surface area contributed by atoms with Gasteiger partial charge in [-0.3, -0.25) is 4.79 Å². The van der Waals surface area contributed by atoms with E-state index in [1.54, 1.807) is 37.3 Å². The normalized spacial score (nSPS) is 21.4. The number of rotatable bonds is 4. The molecule has 0 bridgehead atoms. The van der Waals surface area contributed by atoms with Gasteiger partial charge in [-0.25, -0.2) is 9.18 Å². The summed E-state index contributed by atoms with van der Waals surface area (Å²) in [5.74, 6) is -1.78. The summed E-state index contributed by atoms with van der Waals surface area (Å²) in [5, 5.41) is 5.27. The van der Waals surface area contributed by atoms with E-state index in [9.17, 15) is 14.0 Å². The highest BCUT2D eigenvalue weighted by Gasteiger charge is 2.42. The molecule has 0 saturated carbocycles. The Morgan fingerprint density at radius 3 is 2.83 bits per heavy atom. The van der Waals surface area contributed by atoms with Crippen LogP contribution in [0.4, 0.5) is 4.39 Å². The quantitative estimate of drug-likeness (QED) is 0.569. The first-order valence-electron chi connectivity index (χ1n) is 9.80. The lowest BCUT2D eigenvalue weighted by molar-refractivity contribution is -0.138. The van der Waals surface area contributed by atoms with Crippen LogP contribution in [-0.2, 0) is 14.3 Å². The van der Waals surface area contributed by atoms with E-state index < -0.39 is 17.7 Å². The monoisotopic (exact) mass is 489 g/mol. The Bertz CT molecular complexity index is 1070. The molecule has 156 valence electrons. The van der Waals surface area contributed by atoms with E-state index in [0.29, 0.717) is 34.1 Å². The van der Waals surface area contributed by atoms with Crippen LogP contribution in [0.1, 0.15) is 49.0 Å². The number of nitrogens with one attached hydrogen (secondary N) is 1. The minimum Gasteiger partial charge on any atom is -0.463 e. The molecule has 4 rings (SSSR count). The van der Waals surface area contributed by atoms with E-state index >= 15 is 0 Å². The second-order valence-corrected chi connectivity index (χ2v) is 9.31. The number of allylic oxidation sites excluding steroid dienone is 3. The van der Waals surface area contributed by atoms with Crippen molar-refractivity contribution >= 4 is 39.0 Å². The van der Waals surface area contributed by atoms with Gasteiger partial charge in [0.25, 0.3) is 0 Å². The summed E-state index contributed by atoms with van der Waals surface area (Å²) in [6.45, 7) is 3.70. The van der Waals surface area contributed by atoms with Crippen molar-refractivity contribution in [3.05, 3.63) is 79.0 Å². The number of dihydropyridines is 1. The Balaban J connectivity index is 1.86. The maximum Gasteiger partial charge on any atom is 0.336 e. The second-order valence-electron chi connectivity index (χ2n) is 7.42. The molecule has 1 aromatic carbocycles. The van der Waals surface area contributed by atoms with Crippen LogP contribution in [0.15, 0.2) is 62.7 Å². The number of hydrogen-bond acceptors (Lipinski definition) is 5. The first-order valence-corrected chi connectivity index (χ1v) is 11.5. The van der Waals surface area contributed by atoms with Gasteiger partial charge < -0.3 is 10.1 Å². The molecular formula is C23H21BrFNO3S. The van der Waals surface area contributed by atoms with Crippen molar-refractivity contribution in [2.75, 3.05) is 6.61 Å². The average molecular weight is 490 g/mol. The lowest BCUT2D eigenvalue weighted by Crippen LogP contribution is -2.36. The molecule has 2 aliphatic rings. The second kappa shape index (κ2) is 8.47. The molecule has 30 heavy (non-hydrogen) atoms. The van der Waals surface area contributed by atoms with E-state index in [0.717, 1.165) is 10.6 Å². The molecule has 0 fully saturated rings. The molecule has 0 saturated heterocycles. The summed E-state index contributed by atoms with van der Waals surface area (Å²) in [7, 11) is 0. The maximum atomic E-state index is 14.9. The largest absolute Gasteiger partial charge is 0.463 e. The molecule has 2 heterocycles. The number of carbonyl (C=O) groups excluding carboxylic acids is 2. The number of hydrogen-bond donors (Lipinski definition) is 1. The molecule has 0 amide bonds. The average Bonchev–Trinajstić information content (AvgIpc) is 3.23. The van der Waals surface area contributed by atoms with Crippen molar-refractivity contribution in [2.45, 2.75) is 38.5 Å². The van der Waals surface area contributed by atoms with Crippen LogP contribution < -0.4 is 5.32 Å². The predicted molar refractivity (Wildman–Crippen MR) is 118 cm³/mol. The zero-order chi connectivity index (χ0) is 21.4. The van der Waals surface area contributed by atoms with Gasteiger partial charge in [0.2, 0.25) is 0 Å². The van der Waals surface area contributed by atoms with Crippen molar-refractivity contribution < 1.29 is 18.7 Å². The van der Waals surface area contributed by atoms with E-state index in [4.69, 9.17) is 4.74 Å². The Kier molecular flexibility index (Phi) is 5.93. The molecule has 0 spiro atoms. The summed E-state index contributed by atoms with van der Waals surface area (Å²) in [6.07, 6.45) is 0.976. The minimum absolute atomic E-state index is 0.0687. The lowest BCUT2D eigenvalue weighted by Gasteiger charge is -2.36. The molecule has 1 aromatic heterocycles. The number of esters is 1. The number of ether oxygens (including phenoxy) is 1. The fourth-order valence-corrected chi connectivity index (χ4v) is 5.50. The Morgan fingerprint density at radius 2 is 2.13 bits per heavy atom. The zero-order valence-corrected chi connectivity index (χ0v) is 19.0. The minimum atomic E-state index is -0.797. The highest BCUT2D eigenvalue weighted by molar-refractivity contribution is 9.10. The van der Waals surface area contributed by atoms with Gasteiger partial charge in [-0.1, -0.05) is 22.0 Å². The number of thiophene rings is 1. The Hall–Kier alpha value is -2.25. The van der Waals surface area contributed by atoms with Crippen molar-refractivity contribution in [1.29, 1.82) is 0 Å².